The lowest BCUT2D eigenvalue weighted by molar-refractivity contribution is -0.118. The van der Waals surface area contributed by atoms with Crippen molar-refractivity contribution in [2.75, 3.05) is 18.5 Å². The van der Waals surface area contributed by atoms with Crippen LogP contribution in [0.5, 0.6) is 5.75 Å². The van der Waals surface area contributed by atoms with E-state index in [1.807, 2.05) is 11.4 Å². The van der Waals surface area contributed by atoms with Gasteiger partial charge in [0.05, 0.1) is 29.2 Å². The molecule has 6 nitrogen and oxygen atoms in total. The number of halogens is 2. The molecule has 9 heteroatoms. The lowest BCUT2D eigenvalue weighted by Crippen LogP contribution is -2.25. The quantitative estimate of drug-likeness (QED) is 0.472. The molecule has 1 aromatic heterocycles. The first-order valence-electron chi connectivity index (χ1n) is 8.94. The number of benzene rings is 2. The zero-order valence-corrected chi connectivity index (χ0v) is 17.2. The zero-order chi connectivity index (χ0) is 21.1. The Morgan fingerprint density at radius 2 is 2.23 bits per heavy atom. The summed E-state index contributed by atoms with van der Waals surface area (Å²) in [6, 6.07) is 9.89. The average molecular weight is 443 g/mol. The van der Waals surface area contributed by atoms with Crippen LogP contribution in [0.1, 0.15) is 5.56 Å². The molecule has 3 aromatic rings. The van der Waals surface area contributed by atoms with Gasteiger partial charge in [-0.15, -0.1) is 17.9 Å². The van der Waals surface area contributed by atoms with Crippen molar-refractivity contribution in [3.05, 3.63) is 75.6 Å². The third kappa shape index (κ3) is 4.05. The molecule has 4 rings (SSSR count). The molecule has 1 amide bonds. The van der Waals surface area contributed by atoms with E-state index < -0.39 is 5.82 Å². The van der Waals surface area contributed by atoms with Gasteiger partial charge in [-0.3, -0.25) is 9.79 Å². The van der Waals surface area contributed by atoms with Crippen LogP contribution in [-0.2, 0) is 4.79 Å². The first-order chi connectivity index (χ1) is 14.6. The van der Waals surface area contributed by atoms with Crippen LogP contribution in [0.25, 0.3) is 11.3 Å². The van der Waals surface area contributed by atoms with Crippen LogP contribution in [0.4, 0.5) is 10.1 Å². The predicted octanol–water partition coefficient (Wildman–Crippen LogP) is 4.31. The number of carbonyl (C=O) groups excluding carboxylic acids is 1. The van der Waals surface area contributed by atoms with Gasteiger partial charge in [-0.05, 0) is 30.3 Å². The molecule has 0 spiro atoms. The number of amides is 1. The molecule has 0 bridgehead atoms. The summed E-state index contributed by atoms with van der Waals surface area (Å²) in [4.78, 5) is 16.7. The molecule has 1 aliphatic heterocycles. The fourth-order valence-corrected chi connectivity index (χ4v) is 3.91. The van der Waals surface area contributed by atoms with Gasteiger partial charge < -0.3 is 10.1 Å². The number of ether oxygens (including phenoxy) is 1. The van der Waals surface area contributed by atoms with Gasteiger partial charge in [0.15, 0.2) is 6.61 Å². The highest BCUT2D eigenvalue weighted by atomic mass is 35.5. The van der Waals surface area contributed by atoms with Crippen LogP contribution >= 0.6 is 22.9 Å². The topological polar surface area (TPSA) is 68.0 Å². The number of aromatic nitrogens is 1. The Bertz CT molecular complexity index is 1210. The SMILES string of the molecule is C=CCN=c1scc(-c2ccc3c(c2)NC(=O)CO3)n1/N=C/c1c(F)cccc1Cl. The molecule has 0 unspecified atom stereocenters. The number of thiazole rings is 1. The second-order valence-electron chi connectivity index (χ2n) is 6.27. The van der Waals surface area contributed by atoms with E-state index in [4.69, 9.17) is 16.3 Å². The van der Waals surface area contributed by atoms with Crippen LogP contribution < -0.4 is 14.9 Å². The molecular weight excluding hydrogens is 427 g/mol. The summed E-state index contributed by atoms with van der Waals surface area (Å²) in [6.45, 7) is 4.08. The van der Waals surface area contributed by atoms with Gasteiger partial charge in [0, 0.05) is 16.5 Å². The standard InChI is InChI=1S/C21H16ClFN4O2S/c1-2-8-24-21-27(25-10-14-15(22)4-3-5-16(14)23)18(12-30-21)13-6-7-19-17(9-13)26-20(28)11-29-19/h2-7,9-10,12H,1,8,11H2,(H,26,28)/b24-21?,25-10+. The van der Waals surface area contributed by atoms with Crippen LogP contribution in [0.3, 0.4) is 0 Å². The van der Waals surface area contributed by atoms with Gasteiger partial charge in [0.1, 0.15) is 11.6 Å². The maximum absolute atomic E-state index is 14.2. The summed E-state index contributed by atoms with van der Waals surface area (Å²) in [5.74, 6) is -0.0908. The second kappa shape index (κ2) is 8.64. The van der Waals surface area contributed by atoms with Crippen LogP contribution in [0, 0.1) is 5.82 Å². The van der Waals surface area contributed by atoms with Gasteiger partial charge in [-0.2, -0.15) is 5.10 Å². The van der Waals surface area contributed by atoms with E-state index in [2.05, 4.69) is 22.0 Å². The van der Waals surface area contributed by atoms with E-state index in [0.29, 0.717) is 28.5 Å². The molecule has 0 fully saturated rings. The average Bonchev–Trinajstić information content (AvgIpc) is 3.14. The molecule has 152 valence electrons. The predicted molar refractivity (Wildman–Crippen MR) is 117 cm³/mol. The monoisotopic (exact) mass is 442 g/mol. The number of fused-ring (bicyclic) bond motifs is 1. The zero-order valence-electron chi connectivity index (χ0n) is 15.6. The van der Waals surface area contributed by atoms with Gasteiger partial charge in [-0.25, -0.2) is 9.07 Å². The van der Waals surface area contributed by atoms with Gasteiger partial charge in [-0.1, -0.05) is 23.7 Å². The summed E-state index contributed by atoms with van der Waals surface area (Å²) in [5, 5.41) is 9.38. The van der Waals surface area contributed by atoms with E-state index in [1.54, 1.807) is 29.0 Å². The van der Waals surface area contributed by atoms with E-state index in [0.717, 1.165) is 5.56 Å². The smallest absolute Gasteiger partial charge is 0.262 e. The molecule has 0 radical (unpaired) electrons. The van der Waals surface area contributed by atoms with Crippen molar-refractivity contribution < 1.29 is 13.9 Å². The van der Waals surface area contributed by atoms with Crippen molar-refractivity contribution >= 4 is 40.7 Å². The molecule has 1 aliphatic rings. The van der Waals surface area contributed by atoms with Gasteiger partial charge in [0.2, 0.25) is 4.80 Å². The number of carbonyl (C=O) groups is 1. The summed E-state index contributed by atoms with van der Waals surface area (Å²) in [7, 11) is 0. The highest BCUT2D eigenvalue weighted by Gasteiger charge is 2.18. The van der Waals surface area contributed by atoms with E-state index in [-0.39, 0.29) is 23.1 Å². The maximum Gasteiger partial charge on any atom is 0.262 e. The molecular formula is C21H16ClFN4O2S. The van der Waals surface area contributed by atoms with E-state index >= 15 is 0 Å². The van der Waals surface area contributed by atoms with Crippen molar-refractivity contribution in [3.63, 3.8) is 0 Å². The number of nitrogens with zero attached hydrogens (tertiary/aromatic N) is 3. The largest absolute Gasteiger partial charge is 0.482 e. The number of nitrogens with one attached hydrogen (secondary N) is 1. The Morgan fingerprint density at radius 3 is 3.03 bits per heavy atom. The normalized spacial score (nSPS) is 13.8. The third-order valence-corrected chi connectivity index (χ3v) is 5.43. The summed E-state index contributed by atoms with van der Waals surface area (Å²) < 4.78 is 21.2. The molecule has 0 saturated carbocycles. The lowest BCUT2D eigenvalue weighted by Gasteiger charge is -2.18. The lowest BCUT2D eigenvalue weighted by atomic mass is 10.1. The minimum atomic E-state index is -0.471. The highest BCUT2D eigenvalue weighted by molar-refractivity contribution is 7.07. The van der Waals surface area contributed by atoms with E-state index in [9.17, 15) is 9.18 Å². The summed E-state index contributed by atoms with van der Waals surface area (Å²) in [6.07, 6.45) is 3.04. The number of hydrogen-bond donors (Lipinski definition) is 1. The van der Waals surface area contributed by atoms with Gasteiger partial charge >= 0.3 is 0 Å². The number of hydrogen-bond acceptors (Lipinski definition) is 5. The fraction of sp³-hybridized carbons (Fsp3) is 0.0952. The van der Waals surface area contributed by atoms with Gasteiger partial charge in [0.25, 0.3) is 5.91 Å². The summed E-state index contributed by atoms with van der Waals surface area (Å²) >= 11 is 7.50. The molecule has 0 saturated heterocycles. The Hall–Kier alpha value is -3.23. The molecule has 0 aliphatic carbocycles. The minimum Gasteiger partial charge on any atom is -0.482 e. The minimum absolute atomic E-state index is 0.0108. The first-order valence-corrected chi connectivity index (χ1v) is 10.2. The van der Waals surface area contributed by atoms with Crippen LogP contribution in [-0.4, -0.2) is 29.9 Å². The number of rotatable bonds is 5. The Balaban J connectivity index is 1.81. The number of anilines is 1. The van der Waals surface area contributed by atoms with Crippen LogP contribution in [0.15, 0.2) is 64.5 Å². The Morgan fingerprint density at radius 1 is 1.37 bits per heavy atom. The first kappa shape index (κ1) is 20.1. The maximum atomic E-state index is 14.2. The Labute approximate surface area is 180 Å². The molecule has 0 atom stereocenters. The van der Waals surface area contributed by atoms with Crippen molar-refractivity contribution in [3.8, 4) is 17.0 Å². The summed E-state index contributed by atoms with van der Waals surface area (Å²) in [5.41, 5.74) is 2.26. The Kier molecular flexibility index (Phi) is 5.78. The third-order valence-electron chi connectivity index (χ3n) is 4.25. The van der Waals surface area contributed by atoms with Crippen LogP contribution in [0.2, 0.25) is 5.02 Å². The second-order valence-corrected chi connectivity index (χ2v) is 7.52. The highest BCUT2D eigenvalue weighted by Crippen LogP contribution is 2.33. The molecule has 2 heterocycles. The molecule has 1 N–H and O–H groups in total. The van der Waals surface area contributed by atoms with Crippen molar-refractivity contribution in [2.24, 2.45) is 10.1 Å². The molecule has 30 heavy (non-hydrogen) atoms. The fourth-order valence-electron chi connectivity index (χ4n) is 2.85. The molecule has 2 aromatic carbocycles. The van der Waals surface area contributed by atoms with E-state index in [1.165, 1.54) is 29.7 Å². The van der Waals surface area contributed by atoms with Crippen molar-refractivity contribution in [2.45, 2.75) is 0 Å². The van der Waals surface area contributed by atoms with Crippen molar-refractivity contribution in [1.29, 1.82) is 0 Å². The van der Waals surface area contributed by atoms with Crippen molar-refractivity contribution in [1.82, 2.24) is 4.68 Å².